The summed E-state index contributed by atoms with van der Waals surface area (Å²) in [6, 6.07) is 6.41. The molecule has 5 nitrogen and oxygen atoms in total. The second-order valence-corrected chi connectivity index (χ2v) is 5.43. The SMILES string of the molecule is Cc1c(C(=O)N2CCOC[C@@H]2C)cnn1-c1ccccc1F. The lowest BCUT2D eigenvalue weighted by atomic mass is 10.1. The molecule has 1 saturated heterocycles. The monoisotopic (exact) mass is 303 g/mol. The Morgan fingerprint density at radius 3 is 2.91 bits per heavy atom. The van der Waals surface area contributed by atoms with E-state index in [2.05, 4.69) is 5.10 Å². The molecular weight excluding hydrogens is 285 g/mol. The summed E-state index contributed by atoms with van der Waals surface area (Å²) in [5.74, 6) is -0.455. The highest BCUT2D eigenvalue weighted by molar-refractivity contribution is 5.95. The van der Waals surface area contributed by atoms with Crippen molar-refractivity contribution in [1.82, 2.24) is 14.7 Å². The second kappa shape index (κ2) is 5.88. The largest absolute Gasteiger partial charge is 0.377 e. The van der Waals surface area contributed by atoms with Gasteiger partial charge in [-0.1, -0.05) is 12.1 Å². The summed E-state index contributed by atoms with van der Waals surface area (Å²) in [4.78, 5) is 14.5. The molecule has 2 heterocycles. The van der Waals surface area contributed by atoms with Crippen LogP contribution in [0.25, 0.3) is 5.69 Å². The van der Waals surface area contributed by atoms with Crippen LogP contribution in [0.3, 0.4) is 0 Å². The molecule has 6 heteroatoms. The Kier molecular flexibility index (Phi) is 3.94. The van der Waals surface area contributed by atoms with Crippen molar-refractivity contribution < 1.29 is 13.9 Å². The van der Waals surface area contributed by atoms with Crippen LogP contribution >= 0.6 is 0 Å². The number of hydrogen-bond donors (Lipinski definition) is 0. The third-order valence-electron chi connectivity index (χ3n) is 3.95. The lowest BCUT2D eigenvalue weighted by Crippen LogP contribution is -2.47. The summed E-state index contributed by atoms with van der Waals surface area (Å²) >= 11 is 0. The van der Waals surface area contributed by atoms with Gasteiger partial charge in [-0.15, -0.1) is 0 Å². The lowest BCUT2D eigenvalue weighted by Gasteiger charge is -2.33. The van der Waals surface area contributed by atoms with Crippen LogP contribution in [0, 0.1) is 12.7 Å². The van der Waals surface area contributed by atoms with Gasteiger partial charge in [0.15, 0.2) is 0 Å². The molecule has 1 aromatic carbocycles. The number of halogens is 1. The number of morpholine rings is 1. The third kappa shape index (κ3) is 2.50. The maximum Gasteiger partial charge on any atom is 0.257 e. The van der Waals surface area contributed by atoms with Crippen LogP contribution in [0.2, 0.25) is 0 Å². The van der Waals surface area contributed by atoms with Gasteiger partial charge < -0.3 is 9.64 Å². The summed E-state index contributed by atoms with van der Waals surface area (Å²) in [5.41, 5.74) is 1.47. The predicted octanol–water partition coefficient (Wildman–Crippen LogP) is 2.18. The Balaban J connectivity index is 1.94. The van der Waals surface area contributed by atoms with Crippen molar-refractivity contribution in [2.45, 2.75) is 19.9 Å². The molecule has 1 aliphatic rings. The molecule has 1 aromatic heterocycles. The van der Waals surface area contributed by atoms with Crippen LogP contribution in [-0.2, 0) is 4.74 Å². The first-order valence-corrected chi connectivity index (χ1v) is 7.28. The predicted molar refractivity (Wildman–Crippen MR) is 79.6 cm³/mol. The minimum Gasteiger partial charge on any atom is -0.377 e. The van der Waals surface area contributed by atoms with Gasteiger partial charge in [-0.25, -0.2) is 9.07 Å². The quantitative estimate of drug-likeness (QED) is 0.854. The lowest BCUT2D eigenvalue weighted by molar-refractivity contribution is 0.00355. The van der Waals surface area contributed by atoms with Crippen LogP contribution in [-0.4, -0.2) is 46.4 Å². The van der Waals surface area contributed by atoms with Gasteiger partial charge in [0.05, 0.1) is 36.7 Å². The van der Waals surface area contributed by atoms with Crippen molar-refractivity contribution in [2.24, 2.45) is 0 Å². The Morgan fingerprint density at radius 1 is 1.41 bits per heavy atom. The minimum absolute atomic E-state index is 0.0254. The fourth-order valence-corrected chi connectivity index (χ4v) is 2.67. The van der Waals surface area contributed by atoms with Gasteiger partial charge in [-0.05, 0) is 26.0 Å². The van der Waals surface area contributed by atoms with Gasteiger partial charge in [0.1, 0.15) is 11.5 Å². The van der Waals surface area contributed by atoms with Crippen LogP contribution in [0.4, 0.5) is 4.39 Å². The molecule has 1 amide bonds. The molecule has 1 aliphatic heterocycles. The summed E-state index contributed by atoms with van der Waals surface area (Å²) in [6.45, 7) is 5.36. The van der Waals surface area contributed by atoms with E-state index in [9.17, 15) is 9.18 Å². The highest BCUT2D eigenvalue weighted by atomic mass is 19.1. The molecule has 0 spiro atoms. The van der Waals surface area contributed by atoms with Gasteiger partial charge in [-0.2, -0.15) is 5.10 Å². The van der Waals surface area contributed by atoms with Crippen LogP contribution in [0.5, 0.6) is 0 Å². The smallest absolute Gasteiger partial charge is 0.257 e. The van der Waals surface area contributed by atoms with E-state index in [1.54, 1.807) is 30.0 Å². The average Bonchev–Trinajstić information content (AvgIpc) is 2.89. The van der Waals surface area contributed by atoms with Crippen molar-refractivity contribution in [3.8, 4) is 5.69 Å². The second-order valence-electron chi connectivity index (χ2n) is 5.43. The molecule has 1 fully saturated rings. The molecule has 2 aromatic rings. The molecule has 0 unspecified atom stereocenters. The summed E-state index contributed by atoms with van der Waals surface area (Å²) in [7, 11) is 0. The van der Waals surface area contributed by atoms with E-state index in [-0.39, 0.29) is 17.8 Å². The molecule has 0 radical (unpaired) electrons. The normalized spacial score (nSPS) is 18.5. The van der Waals surface area contributed by atoms with Crippen LogP contribution < -0.4 is 0 Å². The number of para-hydroxylation sites is 1. The maximum atomic E-state index is 13.9. The van der Waals surface area contributed by atoms with E-state index in [0.29, 0.717) is 36.7 Å². The molecule has 22 heavy (non-hydrogen) atoms. The van der Waals surface area contributed by atoms with Crippen molar-refractivity contribution in [2.75, 3.05) is 19.8 Å². The number of amides is 1. The number of carbonyl (C=O) groups excluding carboxylic acids is 1. The van der Waals surface area contributed by atoms with Crippen LogP contribution in [0.1, 0.15) is 23.0 Å². The highest BCUT2D eigenvalue weighted by Crippen LogP contribution is 2.19. The van der Waals surface area contributed by atoms with E-state index >= 15 is 0 Å². The van der Waals surface area contributed by atoms with Gasteiger partial charge in [0, 0.05) is 6.54 Å². The number of nitrogens with zero attached hydrogens (tertiary/aromatic N) is 3. The molecule has 0 N–H and O–H groups in total. The summed E-state index contributed by atoms with van der Waals surface area (Å²) < 4.78 is 20.7. The minimum atomic E-state index is -0.368. The van der Waals surface area contributed by atoms with Crippen molar-refractivity contribution in [3.05, 3.63) is 47.5 Å². The summed E-state index contributed by atoms with van der Waals surface area (Å²) in [5, 5.41) is 4.19. The molecular formula is C16H18FN3O2. The fourth-order valence-electron chi connectivity index (χ4n) is 2.67. The molecule has 3 rings (SSSR count). The van der Waals surface area contributed by atoms with Crippen molar-refractivity contribution in [1.29, 1.82) is 0 Å². The zero-order chi connectivity index (χ0) is 15.7. The maximum absolute atomic E-state index is 13.9. The fraction of sp³-hybridized carbons (Fsp3) is 0.375. The van der Waals surface area contributed by atoms with Gasteiger partial charge in [0.25, 0.3) is 5.91 Å². The highest BCUT2D eigenvalue weighted by Gasteiger charge is 2.27. The van der Waals surface area contributed by atoms with Gasteiger partial charge >= 0.3 is 0 Å². The molecule has 1 atom stereocenters. The Morgan fingerprint density at radius 2 is 2.18 bits per heavy atom. The first-order chi connectivity index (χ1) is 10.6. The first kappa shape index (κ1) is 14.7. The number of carbonyl (C=O) groups is 1. The number of ether oxygens (including phenoxy) is 1. The van der Waals surface area contributed by atoms with Gasteiger partial charge in [-0.3, -0.25) is 4.79 Å². The first-order valence-electron chi connectivity index (χ1n) is 7.28. The zero-order valence-electron chi connectivity index (χ0n) is 12.6. The molecule has 0 saturated carbocycles. The van der Waals surface area contributed by atoms with Crippen molar-refractivity contribution >= 4 is 5.91 Å². The molecule has 116 valence electrons. The van der Waals surface area contributed by atoms with E-state index in [1.165, 1.54) is 16.9 Å². The molecule has 0 bridgehead atoms. The third-order valence-corrected chi connectivity index (χ3v) is 3.95. The Bertz CT molecular complexity index is 698. The Hall–Kier alpha value is -2.21. The number of hydrogen-bond acceptors (Lipinski definition) is 3. The number of aromatic nitrogens is 2. The Labute approximate surface area is 128 Å². The number of benzene rings is 1. The zero-order valence-corrected chi connectivity index (χ0v) is 12.6. The standard InChI is InChI=1S/C16H18FN3O2/c1-11-10-22-8-7-19(11)16(21)13-9-18-20(12(13)2)15-6-4-3-5-14(15)17/h3-6,9,11H,7-8,10H2,1-2H3/t11-/m0/s1. The summed E-state index contributed by atoms with van der Waals surface area (Å²) in [6.07, 6.45) is 1.51. The number of rotatable bonds is 2. The van der Waals surface area contributed by atoms with Crippen molar-refractivity contribution in [3.63, 3.8) is 0 Å². The topological polar surface area (TPSA) is 47.4 Å². The van der Waals surface area contributed by atoms with E-state index < -0.39 is 0 Å². The van der Waals surface area contributed by atoms with E-state index in [1.807, 2.05) is 6.92 Å². The van der Waals surface area contributed by atoms with Gasteiger partial charge in [0.2, 0.25) is 0 Å². The van der Waals surface area contributed by atoms with E-state index in [0.717, 1.165) is 0 Å². The molecule has 0 aliphatic carbocycles. The average molecular weight is 303 g/mol. The van der Waals surface area contributed by atoms with E-state index in [4.69, 9.17) is 4.74 Å². The van der Waals surface area contributed by atoms with Crippen LogP contribution in [0.15, 0.2) is 30.5 Å².